The van der Waals surface area contributed by atoms with E-state index in [1.54, 1.807) is 7.11 Å². The van der Waals surface area contributed by atoms with Crippen LogP contribution in [0.4, 0.5) is 11.4 Å². The van der Waals surface area contributed by atoms with E-state index in [0.717, 1.165) is 40.4 Å². The Balaban J connectivity index is 1.43. The number of benzene rings is 4. The number of para-hydroxylation sites is 4. The molecular weight excluding hydrogens is 430 g/mol. The monoisotopic (exact) mass is 455 g/mol. The van der Waals surface area contributed by atoms with Gasteiger partial charge in [0.1, 0.15) is 11.6 Å². The SMILES string of the molecule is COc1ccccc1Nc1ccccc1Cc1ccc2c3ccccc3n(-c3ccccn3)c2c1. The zero-order valence-electron chi connectivity index (χ0n) is 19.5. The van der Waals surface area contributed by atoms with Crippen molar-refractivity contribution in [1.82, 2.24) is 9.55 Å². The molecule has 170 valence electrons. The highest BCUT2D eigenvalue weighted by Crippen LogP contribution is 2.34. The molecule has 6 aromatic rings. The summed E-state index contributed by atoms with van der Waals surface area (Å²) in [5, 5.41) is 6.03. The number of hydrogen-bond donors (Lipinski definition) is 1. The summed E-state index contributed by atoms with van der Waals surface area (Å²) in [7, 11) is 1.70. The Bertz CT molecular complexity index is 1640. The second kappa shape index (κ2) is 8.99. The third-order valence-electron chi connectivity index (χ3n) is 6.40. The molecule has 0 fully saturated rings. The van der Waals surface area contributed by atoms with Crippen LogP contribution in [0.5, 0.6) is 5.75 Å². The lowest BCUT2D eigenvalue weighted by Gasteiger charge is -2.15. The fourth-order valence-corrected chi connectivity index (χ4v) is 4.77. The molecule has 1 N–H and O–H groups in total. The highest BCUT2D eigenvalue weighted by atomic mass is 16.5. The van der Waals surface area contributed by atoms with Crippen LogP contribution in [0.1, 0.15) is 11.1 Å². The molecule has 2 heterocycles. The Hall–Kier alpha value is -4.57. The molecule has 2 aromatic heterocycles. The van der Waals surface area contributed by atoms with Crippen LogP contribution < -0.4 is 10.1 Å². The smallest absolute Gasteiger partial charge is 0.142 e. The van der Waals surface area contributed by atoms with Crippen molar-refractivity contribution in [3.8, 4) is 11.6 Å². The number of ether oxygens (including phenoxy) is 1. The summed E-state index contributed by atoms with van der Waals surface area (Å²) in [6.45, 7) is 0. The Morgan fingerprint density at radius 2 is 1.46 bits per heavy atom. The lowest BCUT2D eigenvalue weighted by Crippen LogP contribution is -2.00. The zero-order chi connectivity index (χ0) is 23.6. The number of rotatable bonds is 6. The normalized spacial score (nSPS) is 11.1. The van der Waals surface area contributed by atoms with Gasteiger partial charge in [0.15, 0.2) is 0 Å². The summed E-state index contributed by atoms with van der Waals surface area (Å²) in [6.07, 6.45) is 2.65. The average molecular weight is 456 g/mol. The lowest BCUT2D eigenvalue weighted by atomic mass is 10.0. The topological polar surface area (TPSA) is 39.1 Å². The van der Waals surface area contributed by atoms with Gasteiger partial charge in [-0.1, -0.05) is 66.7 Å². The highest BCUT2D eigenvalue weighted by molar-refractivity contribution is 6.09. The first-order chi connectivity index (χ1) is 17.3. The maximum Gasteiger partial charge on any atom is 0.142 e. The molecule has 0 amide bonds. The molecule has 0 atom stereocenters. The van der Waals surface area contributed by atoms with Crippen molar-refractivity contribution in [2.45, 2.75) is 6.42 Å². The molecule has 0 aliphatic rings. The van der Waals surface area contributed by atoms with Crippen molar-refractivity contribution in [1.29, 1.82) is 0 Å². The molecule has 35 heavy (non-hydrogen) atoms. The van der Waals surface area contributed by atoms with Gasteiger partial charge in [0, 0.05) is 22.7 Å². The van der Waals surface area contributed by atoms with Gasteiger partial charge in [-0.25, -0.2) is 4.98 Å². The second-order valence-corrected chi connectivity index (χ2v) is 8.55. The minimum atomic E-state index is 0.804. The molecular formula is C31H25N3O. The Morgan fingerprint density at radius 3 is 2.31 bits per heavy atom. The minimum absolute atomic E-state index is 0.804. The molecule has 0 aliphatic heterocycles. The summed E-state index contributed by atoms with van der Waals surface area (Å²) in [6, 6.07) is 37.8. The van der Waals surface area contributed by atoms with E-state index in [-0.39, 0.29) is 0 Å². The van der Waals surface area contributed by atoms with Crippen LogP contribution in [-0.4, -0.2) is 16.7 Å². The third-order valence-corrected chi connectivity index (χ3v) is 6.40. The first-order valence-corrected chi connectivity index (χ1v) is 11.7. The highest BCUT2D eigenvalue weighted by Gasteiger charge is 2.14. The van der Waals surface area contributed by atoms with E-state index < -0.39 is 0 Å². The minimum Gasteiger partial charge on any atom is -0.495 e. The third kappa shape index (κ3) is 3.89. The van der Waals surface area contributed by atoms with Gasteiger partial charge in [-0.2, -0.15) is 0 Å². The van der Waals surface area contributed by atoms with Crippen LogP contribution >= 0.6 is 0 Å². The molecule has 0 aliphatic carbocycles. The largest absolute Gasteiger partial charge is 0.495 e. The molecule has 6 rings (SSSR count). The average Bonchev–Trinajstić information content (AvgIpc) is 3.24. The Morgan fingerprint density at radius 1 is 0.714 bits per heavy atom. The fourth-order valence-electron chi connectivity index (χ4n) is 4.77. The molecule has 4 nitrogen and oxygen atoms in total. The lowest BCUT2D eigenvalue weighted by molar-refractivity contribution is 0.417. The first-order valence-electron chi connectivity index (χ1n) is 11.7. The summed E-state index contributed by atoms with van der Waals surface area (Å²) >= 11 is 0. The van der Waals surface area contributed by atoms with Gasteiger partial charge in [-0.15, -0.1) is 0 Å². The van der Waals surface area contributed by atoms with Crippen LogP contribution in [-0.2, 0) is 6.42 Å². The number of hydrogen-bond acceptors (Lipinski definition) is 3. The molecule has 4 heteroatoms. The maximum atomic E-state index is 5.54. The summed E-state index contributed by atoms with van der Waals surface area (Å²) < 4.78 is 7.79. The molecule has 0 unspecified atom stereocenters. The van der Waals surface area contributed by atoms with E-state index in [0.29, 0.717) is 0 Å². The molecule has 0 saturated carbocycles. The van der Waals surface area contributed by atoms with Gasteiger partial charge >= 0.3 is 0 Å². The van der Waals surface area contributed by atoms with Crippen molar-refractivity contribution >= 4 is 33.2 Å². The predicted octanol–water partition coefficient (Wildman–Crippen LogP) is 7.52. The van der Waals surface area contributed by atoms with Gasteiger partial charge < -0.3 is 10.1 Å². The number of fused-ring (bicyclic) bond motifs is 3. The fraction of sp³-hybridized carbons (Fsp3) is 0.0645. The van der Waals surface area contributed by atoms with Gasteiger partial charge in [0.05, 0.1) is 23.8 Å². The second-order valence-electron chi connectivity index (χ2n) is 8.55. The number of anilines is 2. The molecule has 0 radical (unpaired) electrons. The van der Waals surface area contributed by atoms with E-state index >= 15 is 0 Å². The predicted molar refractivity (Wildman–Crippen MR) is 144 cm³/mol. The molecule has 0 bridgehead atoms. The van der Waals surface area contributed by atoms with Crippen molar-refractivity contribution in [3.63, 3.8) is 0 Å². The van der Waals surface area contributed by atoms with Crippen LogP contribution in [0.25, 0.3) is 27.6 Å². The Kier molecular flexibility index (Phi) is 5.39. The number of methoxy groups -OCH3 is 1. The van der Waals surface area contributed by atoms with Gasteiger partial charge in [-0.3, -0.25) is 4.57 Å². The number of nitrogens with zero attached hydrogens (tertiary/aromatic N) is 2. The maximum absolute atomic E-state index is 5.54. The number of pyridine rings is 1. The molecule has 4 aromatic carbocycles. The summed E-state index contributed by atoms with van der Waals surface area (Å²) in [5.74, 6) is 1.75. The molecule has 0 saturated heterocycles. The standard InChI is InChI=1S/C31H25N3O/c1-35-30-15-7-5-13-27(30)33-26-12-4-2-10-23(26)20-22-17-18-25-24-11-3-6-14-28(24)34(29(25)21-22)31-16-8-9-19-32-31/h2-19,21,33H,20H2,1H3. The van der Waals surface area contributed by atoms with E-state index in [4.69, 9.17) is 4.74 Å². The first kappa shape index (κ1) is 21.0. The summed E-state index contributed by atoms with van der Waals surface area (Å²) in [5.41, 5.74) is 6.81. The van der Waals surface area contributed by atoms with E-state index in [9.17, 15) is 0 Å². The quantitative estimate of drug-likeness (QED) is 0.282. The van der Waals surface area contributed by atoms with Crippen molar-refractivity contribution in [2.75, 3.05) is 12.4 Å². The van der Waals surface area contributed by atoms with Gasteiger partial charge in [0.2, 0.25) is 0 Å². The van der Waals surface area contributed by atoms with E-state index in [2.05, 4.69) is 87.7 Å². The van der Waals surface area contributed by atoms with Crippen LogP contribution in [0.15, 0.2) is 115 Å². The number of aromatic nitrogens is 2. The summed E-state index contributed by atoms with van der Waals surface area (Å²) in [4.78, 5) is 4.65. The van der Waals surface area contributed by atoms with Gasteiger partial charge in [-0.05, 0) is 60.0 Å². The van der Waals surface area contributed by atoms with Crippen molar-refractivity contribution in [3.05, 3.63) is 127 Å². The van der Waals surface area contributed by atoms with Crippen LogP contribution in [0.2, 0.25) is 0 Å². The zero-order valence-corrected chi connectivity index (χ0v) is 19.5. The van der Waals surface area contributed by atoms with Crippen molar-refractivity contribution in [2.24, 2.45) is 0 Å². The van der Waals surface area contributed by atoms with Crippen molar-refractivity contribution < 1.29 is 4.74 Å². The molecule has 0 spiro atoms. The van der Waals surface area contributed by atoms with Crippen LogP contribution in [0, 0.1) is 0 Å². The van der Waals surface area contributed by atoms with Gasteiger partial charge in [0.25, 0.3) is 0 Å². The van der Waals surface area contributed by atoms with Crippen LogP contribution in [0.3, 0.4) is 0 Å². The number of nitrogens with one attached hydrogen (secondary N) is 1. The Labute approximate surface area is 204 Å². The van der Waals surface area contributed by atoms with E-state index in [1.165, 1.54) is 21.9 Å². The van der Waals surface area contributed by atoms with E-state index in [1.807, 2.05) is 42.6 Å².